The predicted molar refractivity (Wildman–Crippen MR) is 80.4 cm³/mol. The van der Waals surface area contributed by atoms with E-state index in [0.29, 0.717) is 5.41 Å². The van der Waals surface area contributed by atoms with Crippen molar-refractivity contribution in [3.05, 3.63) is 24.0 Å². The van der Waals surface area contributed by atoms with Crippen LogP contribution in [-0.4, -0.2) is 22.4 Å². The number of nitrogens with one attached hydrogen (secondary N) is 1. The minimum atomic E-state index is 0.404. The summed E-state index contributed by atoms with van der Waals surface area (Å²) in [6.07, 6.45) is 4.28. The van der Waals surface area contributed by atoms with Crippen LogP contribution in [0.3, 0.4) is 0 Å². The predicted octanol–water partition coefficient (Wildman–Crippen LogP) is 3.71. The molecular weight excluding hydrogens is 242 g/mol. The van der Waals surface area contributed by atoms with Gasteiger partial charge < -0.3 is 5.32 Å². The molecule has 98 valence electrons. The summed E-state index contributed by atoms with van der Waals surface area (Å²) in [7, 11) is 0. The highest BCUT2D eigenvalue weighted by Crippen LogP contribution is 2.35. The maximum Gasteiger partial charge on any atom is 0.161 e. The van der Waals surface area contributed by atoms with Gasteiger partial charge in [-0.15, -0.1) is 0 Å². The first kappa shape index (κ1) is 13.4. The minimum Gasteiger partial charge on any atom is -0.334 e. The zero-order valence-electron chi connectivity index (χ0n) is 11.4. The van der Waals surface area contributed by atoms with Crippen LogP contribution in [0.25, 0.3) is 0 Å². The van der Waals surface area contributed by atoms with Crippen molar-refractivity contribution in [2.45, 2.75) is 33.6 Å². The lowest BCUT2D eigenvalue weighted by Crippen LogP contribution is -2.32. The summed E-state index contributed by atoms with van der Waals surface area (Å²) in [6, 6.07) is 4.06. The molecule has 1 aliphatic rings. The Morgan fingerprint density at radius 2 is 2.11 bits per heavy atom. The van der Waals surface area contributed by atoms with Crippen molar-refractivity contribution in [3.63, 3.8) is 0 Å². The van der Waals surface area contributed by atoms with E-state index in [0.717, 1.165) is 28.8 Å². The highest BCUT2D eigenvalue weighted by Gasteiger charge is 2.30. The molecule has 0 amide bonds. The van der Waals surface area contributed by atoms with Gasteiger partial charge in [-0.05, 0) is 37.3 Å². The van der Waals surface area contributed by atoms with Crippen LogP contribution in [0, 0.1) is 12.3 Å². The molecule has 2 heterocycles. The van der Waals surface area contributed by atoms with Crippen molar-refractivity contribution >= 4 is 22.6 Å². The van der Waals surface area contributed by atoms with Crippen LogP contribution in [0.2, 0.25) is 0 Å². The van der Waals surface area contributed by atoms with Crippen LogP contribution in [0.5, 0.6) is 0 Å². The standard InChI is InChI=1S/C14H21N3S/c1-4-14(5-2)9-16-13(18-10-14)17-12-7-6-11(3)15-8-12/h6-8H,4-5,9-10H2,1-3H3,(H,16,17). The van der Waals surface area contributed by atoms with Gasteiger partial charge in [0, 0.05) is 18.0 Å². The number of aromatic nitrogens is 1. The first-order valence-corrected chi connectivity index (χ1v) is 7.53. The second-order valence-corrected chi connectivity index (χ2v) is 5.89. The van der Waals surface area contributed by atoms with E-state index in [2.05, 4.69) is 29.1 Å². The molecule has 0 aliphatic carbocycles. The van der Waals surface area contributed by atoms with Crippen molar-refractivity contribution in [2.24, 2.45) is 10.4 Å². The Hall–Kier alpha value is -1.03. The van der Waals surface area contributed by atoms with Crippen molar-refractivity contribution < 1.29 is 0 Å². The third kappa shape index (κ3) is 3.05. The first-order chi connectivity index (χ1) is 8.67. The van der Waals surface area contributed by atoms with Crippen molar-refractivity contribution in [1.82, 2.24) is 4.98 Å². The van der Waals surface area contributed by atoms with E-state index in [4.69, 9.17) is 0 Å². The van der Waals surface area contributed by atoms with E-state index in [1.54, 1.807) is 0 Å². The van der Waals surface area contributed by atoms with Crippen LogP contribution in [0.15, 0.2) is 23.3 Å². The summed E-state index contributed by atoms with van der Waals surface area (Å²) in [4.78, 5) is 8.96. The van der Waals surface area contributed by atoms with Gasteiger partial charge in [-0.25, -0.2) is 0 Å². The third-order valence-electron chi connectivity index (χ3n) is 3.74. The Morgan fingerprint density at radius 1 is 1.33 bits per heavy atom. The largest absolute Gasteiger partial charge is 0.334 e. The molecule has 18 heavy (non-hydrogen) atoms. The quantitative estimate of drug-likeness (QED) is 0.903. The van der Waals surface area contributed by atoms with E-state index < -0.39 is 0 Å². The van der Waals surface area contributed by atoms with Gasteiger partial charge in [0.15, 0.2) is 5.17 Å². The molecule has 0 saturated heterocycles. The van der Waals surface area contributed by atoms with Gasteiger partial charge in [-0.1, -0.05) is 25.6 Å². The average Bonchev–Trinajstić information content (AvgIpc) is 2.43. The number of hydrogen-bond donors (Lipinski definition) is 1. The molecule has 0 fully saturated rings. The zero-order chi connectivity index (χ0) is 13.0. The number of aliphatic imine (C=N–C) groups is 1. The number of pyridine rings is 1. The molecular formula is C14H21N3S. The molecule has 2 rings (SSSR count). The maximum atomic E-state index is 4.68. The molecule has 0 aromatic carbocycles. The Balaban J connectivity index is 2.00. The normalized spacial score (nSPS) is 18.3. The monoisotopic (exact) mass is 263 g/mol. The van der Waals surface area contributed by atoms with Crippen LogP contribution in [0.4, 0.5) is 5.69 Å². The topological polar surface area (TPSA) is 37.3 Å². The smallest absolute Gasteiger partial charge is 0.161 e. The molecule has 1 aliphatic heterocycles. The number of nitrogens with zero attached hydrogens (tertiary/aromatic N) is 2. The number of amidine groups is 1. The summed E-state index contributed by atoms with van der Waals surface area (Å²) in [6.45, 7) is 7.46. The molecule has 4 heteroatoms. The van der Waals surface area contributed by atoms with Gasteiger partial charge in [0.2, 0.25) is 0 Å². The van der Waals surface area contributed by atoms with Gasteiger partial charge in [0.25, 0.3) is 0 Å². The fraction of sp³-hybridized carbons (Fsp3) is 0.571. The SMILES string of the molecule is CCC1(CC)CN=C(Nc2ccc(C)nc2)SC1. The number of thioether (sulfide) groups is 1. The Bertz CT molecular complexity index is 421. The minimum absolute atomic E-state index is 0.404. The van der Waals surface area contributed by atoms with Gasteiger partial charge in [-0.3, -0.25) is 9.98 Å². The molecule has 0 atom stereocenters. The molecule has 1 N–H and O–H groups in total. The molecule has 0 radical (unpaired) electrons. The summed E-state index contributed by atoms with van der Waals surface area (Å²) in [5.41, 5.74) is 2.46. The van der Waals surface area contributed by atoms with Crippen LogP contribution in [-0.2, 0) is 0 Å². The summed E-state index contributed by atoms with van der Waals surface area (Å²) in [5, 5.41) is 4.37. The van der Waals surface area contributed by atoms with E-state index in [1.807, 2.05) is 37.0 Å². The van der Waals surface area contributed by atoms with E-state index in [-0.39, 0.29) is 0 Å². The van der Waals surface area contributed by atoms with E-state index in [1.165, 1.54) is 12.8 Å². The fourth-order valence-electron chi connectivity index (χ4n) is 1.97. The van der Waals surface area contributed by atoms with E-state index >= 15 is 0 Å². The molecule has 1 aromatic rings. The van der Waals surface area contributed by atoms with Crippen molar-refractivity contribution in [2.75, 3.05) is 17.6 Å². The Kier molecular flexibility index (Phi) is 4.27. The molecule has 1 aromatic heterocycles. The van der Waals surface area contributed by atoms with Gasteiger partial charge in [-0.2, -0.15) is 0 Å². The maximum absolute atomic E-state index is 4.68. The van der Waals surface area contributed by atoms with Crippen LogP contribution >= 0.6 is 11.8 Å². The second-order valence-electron chi connectivity index (χ2n) is 4.93. The number of rotatable bonds is 3. The van der Waals surface area contributed by atoms with Crippen molar-refractivity contribution in [1.29, 1.82) is 0 Å². The highest BCUT2D eigenvalue weighted by atomic mass is 32.2. The highest BCUT2D eigenvalue weighted by molar-refractivity contribution is 8.14. The Morgan fingerprint density at radius 3 is 2.61 bits per heavy atom. The average molecular weight is 263 g/mol. The van der Waals surface area contributed by atoms with Crippen LogP contribution < -0.4 is 5.32 Å². The molecule has 0 spiro atoms. The van der Waals surface area contributed by atoms with Crippen molar-refractivity contribution in [3.8, 4) is 0 Å². The lowest BCUT2D eigenvalue weighted by Gasteiger charge is -2.33. The van der Waals surface area contributed by atoms with Gasteiger partial charge in [0.05, 0.1) is 11.9 Å². The number of hydrogen-bond acceptors (Lipinski definition) is 4. The van der Waals surface area contributed by atoms with Gasteiger partial charge >= 0.3 is 0 Å². The number of aryl methyl sites for hydroxylation is 1. The summed E-state index contributed by atoms with van der Waals surface area (Å²) >= 11 is 1.83. The number of anilines is 1. The van der Waals surface area contributed by atoms with E-state index in [9.17, 15) is 0 Å². The third-order valence-corrected chi connectivity index (χ3v) is 5.00. The molecule has 0 unspecified atom stereocenters. The lowest BCUT2D eigenvalue weighted by atomic mass is 9.84. The molecule has 0 bridgehead atoms. The fourth-order valence-corrected chi connectivity index (χ4v) is 3.26. The zero-order valence-corrected chi connectivity index (χ0v) is 12.2. The molecule has 3 nitrogen and oxygen atoms in total. The molecule has 0 saturated carbocycles. The first-order valence-electron chi connectivity index (χ1n) is 6.54. The lowest BCUT2D eigenvalue weighted by molar-refractivity contribution is 0.318. The van der Waals surface area contributed by atoms with Gasteiger partial charge in [0.1, 0.15) is 0 Å². The van der Waals surface area contributed by atoms with Crippen LogP contribution in [0.1, 0.15) is 32.4 Å². The second kappa shape index (κ2) is 5.74. The Labute approximate surface area is 113 Å². The summed E-state index contributed by atoms with van der Waals surface area (Å²) < 4.78 is 0. The summed E-state index contributed by atoms with van der Waals surface area (Å²) in [5.74, 6) is 1.16.